The number of hydrogen-bond donors (Lipinski definition) is 1. The van der Waals surface area contributed by atoms with Crippen molar-refractivity contribution in [2.24, 2.45) is 0 Å². The number of thioether (sulfide) groups is 1. The third-order valence-corrected chi connectivity index (χ3v) is 3.76. The molecule has 0 bridgehead atoms. The van der Waals surface area contributed by atoms with Crippen LogP contribution in [0.5, 0.6) is 0 Å². The van der Waals surface area contributed by atoms with Crippen LogP contribution in [0.3, 0.4) is 0 Å². The molecule has 1 atom stereocenters. The summed E-state index contributed by atoms with van der Waals surface area (Å²) in [6.07, 6.45) is 3.33. The van der Waals surface area contributed by atoms with Gasteiger partial charge in [0.2, 0.25) is 0 Å². The number of nitrogens with one attached hydrogen (secondary N) is 1. The van der Waals surface area contributed by atoms with Gasteiger partial charge in [-0.05, 0) is 56.7 Å². The Morgan fingerprint density at radius 2 is 2.06 bits per heavy atom. The van der Waals surface area contributed by atoms with Crippen LogP contribution in [0.1, 0.15) is 33.1 Å². The largest absolute Gasteiger partial charge is 0.314 e. The second-order valence-electron chi connectivity index (χ2n) is 4.42. The van der Waals surface area contributed by atoms with E-state index in [0.717, 1.165) is 36.5 Å². The Kier molecular flexibility index (Phi) is 7.28. The Morgan fingerprint density at radius 3 is 2.72 bits per heavy atom. The van der Waals surface area contributed by atoms with Gasteiger partial charge in [0.15, 0.2) is 11.6 Å². The number of halogens is 2. The lowest BCUT2D eigenvalue weighted by atomic mass is 10.2. The average molecular weight is 273 g/mol. The average Bonchev–Trinajstić information content (AvgIpc) is 2.36. The summed E-state index contributed by atoms with van der Waals surface area (Å²) in [6.45, 7) is 5.38. The molecule has 102 valence electrons. The summed E-state index contributed by atoms with van der Waals surface area (Å²) in [4.78, 5) is 0.795. The van der Waals surface area contributed by atoms with Gasteiger partial charge >= 0.3 is 0 Å². The zero-order valence-corrected chi connectivity index (χ0v) is 11.8. The minimum absolute atomic E-state index is 0.524. The van der Waals surface area contributed by atoms with E-state index in [2.05, 4.69) is 19.2 Å². The van der Waals surface area contributed by atoms with Crippen molar-refractivity contribution in [3.8, 4) is 0 Å². The summed E-state index contributed by atoms with van der Waals surface area (Å²) in [5, 5.41) is 3.43. The Morgan fingerprint density at radius 1 is 1.28 bits per heavy atom. The maximum absolute atomic E-state index is 13.0. The van der Waals surface area contributed by atoms with Gasteiger partial charge in [0, 0.05) is 10.9 Å². The van der Waals surface area contributed by atoms with Crippen molar-refractivity contribution in [3.05, 3.63) is 29.8 Å². The molecule has 0 aliphatic rings. The molecule has 1 nitrogen and oxygen atoms in total. The molecule has 0 spiro atoms. The summed E-state index contributed by atoms with van der Waals surface area (Å²) < 4.78 is 25.7. The highest BCUT2D eigenvalue weighted by Crippen LogP contribution is 2.21. The van der Waals surface area contributed by atoms with E-state index in [9.17, 15) is 8.78 Å². The highest BCUT2D eigenvalue weighted by Gasteiger charge is 2.04. The monoisotopic (exact) mass is 273 g/mol. The van der Waals surface area contributed by atoms with E-state index in [4.69, 9.17) is 0 Å². The molecule has 1 unspecified atom stereocenters. The van der Waals surface area contributed by atoms with E-state index < -0.39 is 11.6 Å². The lowest BCUT2D eigenvalue weighted by Gasteiger charge is -2.12. The molecule has 0 aliphatic carbocycles. The number of hydrogen-bond acceptors (Lipinski definition) is 2. The van der Waals surface area contributed by atoms with Gasteiger partial charge in [-0.15, -0.1) is 11.8 Å². The van der Waals surface area contributed by atoms with E-state index in [1.807, 2.05) is 0 Å². The van der Waals surface area contributed by atoms with Gasteiger partial charge in [0.05, 0.1) is 0 Å². The number of benzene rings is 1. The smallest absolute Gasteiger partial charge is 0.159 e. The first kappa shape index (κ1) is 15.4. The summed E-state index contributed by atoms with van der Waals surface area (Å²) in [6, 6.07) is 4.60. The first-order valence-corrected chi connectivity index (χ1v) is 7.43. The Balaban J connectivity index is 2.19. The second kappa shape index (κ2) is 8.48. The fraction of sp³-hybridized carbons (Fsp3) is 0.571. The summed E-state index contributed by atoms with van der Waals surface area (Å²) in [5.41, 5.74) is 0. The predicted molar refractivity (Wildman–Crippen MR) is 74.1 cm³/mol. The molecule has 4 heteroatoms. The van der Waals surface area contributed by atoms with Crippen molar-refractivity contribution in [3.63, 3.8) is 0 Å². The molecule has 0 fully saturated rings. The lowest BCUT2D eigenvalue weighted by Crippen LogP contribution is -2.26. The van der Waals surface area contributed by atoms with Crippen LogP contribution < -0.4 is 5.32 Å². The molecule has 0 aliphatic heterocycles. The van der Waals surface area contributed by atoms with Crippen LogP contribution in [0.2, 0.25) is 0 Å². The summed E-state index contributed by atoms with van der Waals surface area (Å²) in [5.74, 6) is -0.613. The van der Waals surface area contributed by atoms with Crippen molar-refractivity contribution < 1.29 is 8.78 Å². The molecule has 1 N–H and O–H groups in total. The maximum atomic E-state index is 13.0. The molecule has 0 amide bonds. The Bertz CT molecular complexity index is 358. The molecule has 0 saturated heterocycles. The quantitative estimate of drug-likeness (QED) is 0.562. The third-order valence-electron chi connectivity index (χ3n) is 2.68. The Labute approximate surface area is 112 Å². The van der Waals surface area contributed by atoms with E-state index in [0.29, 0.717) is 6.04 Å². The molecule has 0 saturated carbocycles. The molecular formula is C14H21F2NS. The van der Waals surface area contributed by atoms with E-state index in [1.165, 1.54) is 12.1 Å². The maximum Gasteiger partial charge on any atom is 0.159 e. The third kappa shape index (κ3) is 5.83. The molecule has 1 aromatic carbocycles. The van der Waals surface area contributed by atoms with Gasteiger partial charge in [-0.1, -0.05) is 6.92 Å². The van der Waals surface area contributed by atoms with Gasteiger partial charge in [0.1, 0.15) is 0 Å². The molecule has 18 heavy (non-hydrogen) atoms. The standard InChI is InChI=1S/C14H21F2NS/c1-3-8-17-11(2)5-4-9-18-12-6-7-13(15)14(16)10-12/h6-7,10-11,17H,3-5,8-9H2,1-2H3. The molecule has 0 aromatic heterocycles. The molecule has 1 rings (SSSR count). The van der Waals surface area contributed by atoms with Crippen LogP contribution in [-0.4, -0.2) is 18.3 Å². The van der Waals surface area contributed by atoms with Crippen LogP contribution in [0.25, 0.3) is 0 Å². The van der Waals surface area contributed by atoms with Crippen molar-refractivity contribution in [2.75, 3.05) is 12.3 Å². The zero-order chi connectivity index (χ0) is 13.4. The predicted octanol–water partition coefficient (Wildman–Crippen LogP) is 4.23. The van der Waals surface area contributed by atoms with Crippen LogP contribution in [-0.2, 0) is 0 Å². The van der Waals surface area contributed by atoms with Crippen LogP contribution in [0, 0.1) is 11.6 Å². The van der Waals surface area contributed by atoms with Gasteiger partial charge in [0.25, 0.3) is 0 Å². The molecule has 0 radical (unpaired) electrons. The minimum Gasteiger partial charge on any atom is -0.314 e. The second-order valence-corrected chi connectivity index (χ2v) is 5.59. The van der Waals surface area contributed by atoms with Crippen LogP contribution in [0.15, 0.2) is 23.1 Å². The van der Waals surface area contributed by atoms with Crippen molar-refractivity contribution in [1.29, 1.82) is 0 Å². The fourth-order valence-electron chi connectivity index (χ4n) is 1.64. The van der Waals surface area contributed by atoms with E-state index in [-0.39, 0.29) is 0 Å². The van der Waals surface area contributed by atoms with Crippen molar-refractivity contribution >= 4 is 11.8 Å². The Hall–Kier alpha value is -0.610. The highest BCUT2D eigenvalue weighted by molar-refractivity contribution is 7.99. The molecule has 1 aromatic rings. The van der Waals surface area contributed by atoms with E-state index in [1.54, 1.807) is 17.8 Å². The normalized spacial score (nSPS) is 12.7. The van der Waals surface area contributed by atoms with Gasteiger partial charge in [-0.25, -0.2) is 8.78 Å². The minimum atomic E-state index is -0.781. The number of rotatable bonds is 8. The highest BCUT2D eigenvalue weighted by atomic mass is 32.2. The van der Waals surface area contributed by atoms with Crippen LogP contribution >= 0.6 is 11.8 Å². The SMILES string of the molecule is CCCNC(C)CCCSc1ccc(F)c(F)c1. The van der Waals surface area contributed by atoms with Gasteiger partial charge in [-0.3, -0.25) is 0 Å². The molecule has 0 heterocycles. The lowest BCUT2D eigenvalue weighted by molar-refractivity contribution is 0.505. The summed E-state index contributed by atoms with van der Waals surface area (Å²) in [7, 11) is 0. The van der Waals surface area contributed by atoms with Crippen molar-refractivity contribution in [2.45, 2.75) is 44.0 Å². The van der Waals surface area contributed by atoms with E-state index >= 15 is 0 Å². The van der Waals surface area contributed by atoms with Crippen molar-refractivity contribution in [1.82, 2.24) is 5.32 Å². The first-order chi connectivity index (χ1) is 8.63. The first-order valence-electron chi connectivity index (χ1n) is 6.44. The topological polar surface area (TPSA) is 12.0 Å². The summed E-state index contributed by atoms with van der Waals surface area (Å²) >= 11 is 1.57. The molecular weight excluding hydrogens is 252 g/mol. The van der Waals surface area contributed by atoms with Gasteiger partial charge in [-0.2, -0.15) is 0 Å². The zero-order valence-electron chi connectivity index (χ0n) is 11.0. The fourth-order valence-corrected chi connectivity index (χ4v) is 2.54. The van der Waals surface area contributed by atoms with Crippen LogP contribution in [0.4, 0.5) is 8.78 Å². The van der Waals surface area contributed by atoms with Gasteiger partial charge < -0.3 is 5.32 Å².